The molecule has 2 amide bonds. The van der Waals surface area contributed by atoms with E-state index in [4.69, 9.17) is 10.6 Å². The van der Waals surface area contributed by atoms with Gasteiger partial charge >= 0.3 is 5.97 Å². The molecule has 1 fully saturated rings. The summed E-state index contributed by atoms with van der Waals surface area (Å²) in [4.78, 5) is 48.7. The number of fused-ring (bicyclic) bond motifs is 2. The summed E-state index contributed by atoms with van der Waals surface area (Å²) in [5.41, 5.74) is 8.31. The molecule has 12 nitrogen and oxygen atoms in total. The molecule has 4 N–H and O–H groups in total. The lowest BCUT2D eigenvalue weighted by Crippen LogP contribution is -2.71. The van der Waals surface area contributed by atoms with Crippen LogP contribution in [0.3, 0.4) is 0 Å². The highest BCUT2D eigenvalue weighted by molar-refractivity contribution is 8.00. The molecular weight excluding hydrogens is 518 g/mol. The molecule has 1 saturated heterocycles. The molecule has 192 valence electrons. The van der Waals surface area contributed by atoms with Crippen molar-refractivity contribution in [3.63, 3.8) is 0 Å². The topological polar surface area (TPSA) is 156 Å². The van der Waals surface area contributed by atoms with Gasteiger partial charge in [0.25, 0.3) is 11.8 Å². The molecule has 0 aliphatic carbocycles. The molecule has 14 heteroatoms. The standard InChI is InChI=1S/C23H23N7O5S2/c1-11-4-5-12-8-29(28(2)14(12)6-11)9-13-10-36-21-17(20(32)30(21)18(13)22(33)34)26-19(31)16(27-35-3)15-7-25-23(24)37-15/h4-8,17,21H,9-10H2,1-3H3,(H3-,24,25,26,27,31,33,34)/p+1/t17-,21-/m1/s1. The van der Waals surface area contributed by atoms with Crippen molar-refractivity contribution >= 4 is 62.6 Å². The highest BCUT2D eigenvalue weighted by atomic mass is 32.2. The molecule has 2 aliphatic rings. The number of carbonyl (C=O) groups excluding carboxylic acids is 2. The number of β-lactam (4-membered cyclic amide) rings is 1. The number of thioether (sulfide) groups is 1. The number of rotatable bonds is 7. The third-order valence-electron chi connectivity index (χ3n) is 6.25. The minimum absolute atomic E-state index is 0.0470. The Morgan fingerprint density at radius 1 is 1.41 bits per heavy atom. The van der Waals surface area contributed by atoms with Gasteiger partial charge in [0, 0.05) is 17.5 Å². The summed E-state index contributed by atoms with van der Waals surface area (Å²) >= 11 is 2.46. The Hall–Kier alpha value is -3.91. The second kappa shape index (κ2) is 9.52. The number of hydrogen-bond acceptors (Lipinski definition) is 9. The van der Waals surface area contributed by atoms with Gasteiger partial charge in [-0.25, -0.2) is 9.78 Å². The Labute approximate surface area is 219 Å². The summed E-state index contributed by atoms with van der Waals surface area (Å²) in [5.74, 6) is -1.94. The van der Waals surface area contributed by atoms with E-state index in [1.54, 1.807) is 0 Å². The number of nitrogens with one attached hydrogen (secondary N) is 1. The van der Waals surface area contributed by atoms with Crippen LogP contribution in [-0.4, -0.2) is 67.4 Å². The third kappa shape index (κ3) is 4.31. The second-order valence-electron chi connectivity index (χ2n) is 8.62. The van der Waals surface area contributed by atoms with Crippen LogP contribution in [0.25, 0.3) is 10.9 Å². The van der Waals surface area contributed by atoms with Crippen LogP contribution in [0.2, 0.25) is 0 Å². The Balaban J connectivity index is 1.38. The van der Waals surface area contributed by atoms with E-state index in [-0.39, 0.29) is 16.5 Å². The van der Waals surface area contributed by atoms with Crippen LogP contribution in [0.4, 0.5) is 5.13 Å². The summed E-state index contributed by atoms with van der Waals surface area (Å²) in [5, 5.41) is 17.2. The number of carboxylic acid groups (broad SMARTS) is 1. The number of aliphatic carboxylic acids is 1. The number of benzene rings is 1. The lowest BCUT2D eigenvalue weighted by molar-refractivity contribution is -0.764. The Kier molecular flexibility index (Phi) is 6.37. The van der Waals surface area contributed by atoms with Gasteiger partial charge in [-0.15, -0.1) is 16.4 Å². The molecular formula is C23H24N7O5S2+. The second-order valence-corrected chi connectivity index (χ2v) is 10.8. The average molecular weight is 543 g/mol. The van der Waals surface area contributed by atoms with Gasteiger partial charge in [-0.3, -0.25) is 14.5 Å². The first kappa shape index (κ1) is 24.8. The normalized spacial score (nSPS) is 19.6. The van der Waals surface area contributed by atoms with Gasteiger partial charge in [0.05, 0.1) is 17.3 Å². The monoisotopic (exact) mass is 542 g/mol. The average Bonchev–Trinajstić information content (AvgIpc) is 3.43. The van der Waals surface area contributed by atoms with Gasteiger partial charge in [-0.05, 0) is 24.6 Å². The molecule has 2 aromatic heterocycles. The van der Waals surface area contributed by atoms with Crippen LogP contribution in [0.5, 0.6) is 0 Å². The van der Waals surface area contributed by atoms with Gasteiger partial charge in [-0.2, -0.15) is 4.68 Å². The number of aromatic nitrogens is 3. The quantitative estimate of drug-likeness (QED) is 0.170. The molecule has 0 radical (unpaired) electrons. The number of oxime groups is 1. The van der Waals surface area contributed by atoms with Crippen molar-refractivity contribution in [3.8, 4) is 0 Å². The Morgan fingerprint density at radius 3 is 2.86 bits per heavy atom. The fourth-order valence-electron chi connectivity index (χ4n) is 4.48. The van der Waals surface area contributed by atoms with Crippen molar-refractivity contribution in [1.82, 2.24) is 19.9 Å². The summed E-state index contributed by atoms with van der Waals surface area (Å²) in [7, 11) is 3.21. The lowest BCUT2D eigenvalue weighted by Gasteiger charge is -2.49. The van der Waals surface area contributed by atoms with Crippen molar-refractivity contribution in [1.29, 1.82) is 0 Å². The molecule has 2 aliphatic heterocycles. The molecule has 0 bridgehead atoms. The Morgan fingerprint density at radius 2 is 2.19 bits per heavy atom. The molecule has 0 spiro atoms. The van der Waals surface area contributed by atoms with Crippen LogP contribution in [0.15, 0.2) is 47.0 Å². The van der Waals surface area contributed by atoms with Crippen LogP contribution >= 0.6 is 23.1 Å². The SMILES string of the molecule is CO/N=C(\C(=O)N[C@@H]1C(=O)N2C(C(=O)O)=C(C[n+]3cc4ccc(C)cc4n3C)CS[C@H]12)c1cnc(N)s1. The highest BCUT2D eigenvalue weighted by Crippen LogP contribution is 2.40. The molecule has 0 unspecified atom stereocenters. The molecule has 4 heterocycles. The maximum atomic E-state index is 13.1. The van der Waals surface area contributed by atoms with Crippen molar-refractivity contribution < 1.29 is 29.0 Å². The van der Waals surface area contributed by atoms with E-state index < -0.39 is 29.2 Å². The number of anilines is 1. The smallest absolute Gasteiger partial charge is 0.352 e. The first-order chi connectivity index (χ1) is 17.7. The number of carboxylic acids is 1. The van der Waals surface area contributed by atoms with E-state index in [1.807, 2.05) is 41.7 Å². The number of thiazole rings is 1. The van der Waals surface area contributed by atoms with Crippen molar-refractivity contribution in [2.45, 2.75) is 24.9 Å². The summed E-state index contributed by atoms with van der Waals surface area (Å²) in [6.07, 6.45) is 3.35. The molecule has 3 aromatic rings. The van der Waals surface area contributed by atoms with Gasteiger partial charge in [-0.1, -0.05) is 22.6 Å². The fraction of sp³-hybridized carbons (Fsp3) is 0.304. The zero-order chi connectivity index (χ0) is 26.4. The zero-order valence-corrected chi connectivity index (χ0v) is 21.8. The van der Waals surface area contributed by atoms with Crippen LogP contribution in [0.1, 0.15) is 10.4 Å². The minimum Gasteiger partial charge on any atom is -0.477 e. The third-order valence-corrected chi connectivity index (χ3v) is 8.42. The summed E-state index contributed by atoms with van der Waals surface area (Å²) < 4.78 is 3.90. The Bertz CT molecular complexity index is 1510. The first-order valence-electron chi connectivity index (χ1n) is 11.2. The molecule has 2 atom stereocenters. The lowest BCUT2D eigenvalue weighted by atomic mass is 10.0. The number of aryl methyl sites for hydroxylation is 2. The fourth-order valence-corrected chi connectivity index (χ4v) is 6.48. The van der Waals surface area contributed by atoms with Gasteiger partial charge in [0.15, 0.2) is 17.4 Å². The van der Waals surface area contributed by atoms with E-state index in [9.17, 15) is 19.5 Å². The van der Waals surface area contributed by atoms with E-state index in [2.05, 4.69) is 21.5 Å². The number of amides is 2. The van der Waals surface area contributed by atoms with E-state index in [0.29, 0.717) is 22.7 Å². The predicted octanol–water partition coefficient (Wildman–Crippen LogP) is 0.602. The van der Waals surface area contributed by atoms with Gasteiger partial charge < -0.3 is 21.0 Å². The number of nitrogen functional groups attached to an aromatic ring is 1. The molecule has 0 saturated carbocycles. The highest BCUT2D eigenvalue weighted by Gasteiger charge is 2.55. The zero-order valence-electron chi connectivity index (χ0n) is 20.2. The number of carbonyl (C=O) groups is 3. The van der Waals surface area contributed by atoms with E-state index >= 15 is 0 Å². The van der Waals surface area contributed by atoms with E-state index in [0.717, 1.165) is 27.8 Å². The molecule has 5 rings (SSSR count). The van der Waals surface area contributed by atoms with Gasteiger partial charge in [0.1, 0.15) is 29.7 Å². The van der Waals surface area contributed by atoms with Gasteiger partial charge in [0.2, 0.25) is 6.20 Å². The predicted molar refractivity (Wildman–Crippen MR) is 138 cm³/mol. The van der Waals surface area contributed by atoms with Crippen molar-refractivity contribution in [3.05, 3.63) is 52.3 Å². The molecule has 1 aromatic carbocycles. The summed E-state index contributed by atoms with van der Waals surface area (Å²) in [6, 6.07) is 5.20. The number of nitrogens with zero attached hydrogens (tertiary/aromatic N) is 5. The number of hydrogen-bond donors (Lipinski definition) is 3. The minimum atomic E-state index is -1.18. The molecule has 37 heavy (non-hydrogen) atoms. The van der Waals surface area contributed by atoms with Crippen molar-refractivity contribution in [2.75, 3.05) is 18.6 Å². The maximum Gasteiger partial charge on any atom is 0.352 e. The van der Waals surface area contributed by atoms with Crippen LogP contribution in [0, 0.1) is 6.92 Å². The van der Waals surface area contributed by atoms with Crippen molar-refractivity contribution in [2.24, 2.45) is 12.2 Å². The van der Waals surface area contributed by atoms with E-state index in [1.165, 1.54) is 30.0 Å². The number of nitrogens with two attached hydrogens (primary N) is 1. The van der Waals surface area contributed by atoms with Crippen LogP contribution in [-0.2, 0) is 32.8 Å². The summed E-state index contributed by atoms with van der Waals surface area (Å²) in [6.45, 7) is 2.32. The van der Waals surface area contributed by atoms with Crippen LogP contribution < -0.4 is 15.7 Å². The maximum absolute atomic E-state index is 13.1. The first-order valence-corrected chi connectivity index (χ1v) is 13.1. The largest absolute Gasteiger partial charge is 0.477 e.